The number of nitrogens with zero attached hydrogens (tertiary/aromatic N) is 4. The predicted molar refractivity (Wildman–Crippen MR) is 87.3 cm³/mol. The van der Waals surface area contributed by atoms with E-state index in [-0.39, 0.29) is 18.2 Å². The van der Waals surface area contributed by atoms with Crippen molar-refractivity contribution in [3.63, 3.8) is 0 Å². The van der Waals surface area contributed by atoms with Gasteiger partial charge in [0, 0.05) is 24.0 Å². The van der Waals surface area contributed by atoms with Gasteiger partial charge in [0.1, 0.15) is 6.54 Å². The van der Waals surface area contributed by atoms with Gasteiger partial charge in [-0.25, -0.2) is 0 Å². The molecule has 0 bridgehead atoms. The molecule has 0 saturated heterocycles. The number of thioether (sulfide) groups is 1. The van der Waals surface area contributed by atoms with Gasteiger partial charge in [0.2, 0.25) is 5.91 Å². The number of rotatable bonds is 7. The van der Waals surface area contributed by atoms with Crippen molar-refractivity contribution in [1.82, 2.24) is 25.1 Å². The Hall–Kier alpha value is -2.42. The number of esters is 1. The Morgan fingerprint density at radius 3 is 2.75 bits per heavy atom. The van der Waals surface area contributed by atoms with Gasteiger partial charge in [-0.05, 0) is 25.0 Å². The molecule has 1 saturated carbocycles. The second-order valence-corrected chi connectivity index (χ2v) is 6.23. The number of ether oxygens (including phenoxy) is 1. The molecular weight excluding hydrogens is 330 g/mol. The summed E-state index contributed by atoms with van der Waals surface area (Å²) < 4.78 is 6.56. The van der Waals surface area contributed by atoms with Crippen molar-refractivity contribution >= 4 is 23.6 Å². The summed E-state index contributed by atoms with van der Waals surface area (Å²) in [5, 5.41) is 11.7. The van der Waals surface area contributed by atoms with Crippen molar-refractivity contribution < 1.29 is 14.3 Å². The van der Waals surface area contributed by atoms with Gasteiger partial charge in [0.25, 0.3) is 0 Å². The quantitative estimate of drug-likeness (QED) is 0.590. The average molecular weight is 347 g/mol. The van der Waals surface area contributed by atoms with E-state index < -0.39 is 5.97 Å². The van der Waals surface area contributed by atoms with Crippen molar-refractivity contribution in [2.45, 2.75) is 24.0 Å². The van der Waals surface area contributed by atoms with E-state index >= 15 is 0 Å². The lowest BCUT2D eigenvalue weighted by Crippen LogP contribution is -2.31. The molecule has 126 valence electrons. The summed E-state index contributed by atoms with van der Waals surface area (Å²) >= 11 is 1.31. The van der Waals surface area contributed by atoms with E-state index in [1.54, 1.807) is 12.4 Å². The van der Waals surface area contributed by atoms with Gasteiger partial charge in [-0.15, -0.1) is 10.2 Å². The monoisotopic (exact) mass is 347 g/mol. The minimum absolute atomic E-state index is 0.131. The molecule has 1 aliphatic carbocycles. The van der Waals surface area contributed by atoms with Crippen molar-refractivity contribution in [3.8, 4) is 11.4 Å². The zero-order valence-electron chi connectivity index (χ0n) is 13.1. The van der Waals surface area contributed by atoms with Crippen LogP contribution in [0.15, 0.2) is 29.7 Å². The van der Waals surface area contributed by atoms with E-state index in [2.05, 4.69) is 29.8 Å². The summed E-state index contributed by atoms with van der Waals surface area (Å²) in [6.45, 7) is -0.131. The SMILES string of the molecule is COC(=O)CNC(=O)CSc1nnc(-c2ccncc2)n1C1CC1. The minimum atomic E-state index is -0.477. The predicted octanol–water partition coefficient (Wildman–Crippen LogP) is 1.06. The number of amides is 1. The summed E-state index contributed by atoms with van der Waals surface area (Å²) in [5.41, 5.74) is 0.950. The minimum Gasteiger partial charge on any atom is -0.468 e. The first-order chi connectivity index (χ1) is 11.7. The normalized spacial score (nSPS) is 13.5. The molecule has 1 amide bonds. The maximum Gasteiger partial charge on any atom is 0.325 e. The van der Waals surface area contributed by atoms with Gasteiger partial charge in [-0.3, -0.25) is 19.1 Å². The molecule has 2 heterocycles. The maximum atomic E-state index is 11.8. The molecule has 1 fully saturated rings. The molecule has 2 aromatic heterocycles. The number of pyridine rings is 1. The number of methoxy groups -OCH3 is 1. The second-order valence-electron chi connectivity index (χ2n) is 5.28. The Kier molecular flexibility index (Phi) is 5.09. The standard InChI is InChI=1S/C15H17N5O3S/c1-23-13(22)8-17-12(21)9-24-15-19-18-14(20(15)11-2-3-11)10-4-6-16-7-5-10/h4-7,11H,2-3,8-9H2,1H3,(H,17,21). The summed E-state index contributed by atoms with van der Waals surface area (Å²) in [7, 11) is 1.28. The summed E-state index contributed by atoms with van der Waals surface area (Å²) in [6, 6.07) is 4.16. The van der Waals surface area contributed by atoms with E-state index in [0.717, 1.165) is 24.2 Å². The number of carbonyl (C=O) groups excluding carboxylic acids is 2. The van der Waals surface area contributed by atoms with Crippen LogP contribution in [0.1, 0.15) is 18.9 Å². The van der Waals surface area contributed by atoms with Crippen LogP contribution >= 0.6 is 11.8 Å². The largest absolute Gasteiger partial charge is 0.468 e. The van der Waals surface area contributed by atoms with E-state index in [4.69, 9.17) is 0 Å². The lowest BCUT2D eigenvalue weighted by molar-refractivity contribution is -0.140. The molecule has 9 heteroatoms. The first-order valence-electron chi connectivity index (χ1n) is 7.50. The number of aromatic nitrogens is 4. The van der Waals surface area contributed by atoms with E-state index in [1.807, 2.05) is 12.1 Å². The van der Waals surface area contributed by atoms with Gasteiger partial charge < -0.3 is 10.1 Å². The lowest BCUT2D eigenvalue weighted by atomic mass is 10.2. The molecule has 0 spiro atoms. The molecule has 0 radical (unpaired) electrons. The van der Waals surface area contributed by atoms with Gasteiger partial charge >= 0.3 is 5.97 Å². The summed E-state index contributed by atoms with van der Waals surface area (Å²) in [6.07, 6.45) is 5.60. The first kappa shape index (κ1) is 16.4. The number of hydrogen-bond donors (Lipinski definition) is 1. The van der Waals surface area contributed by atoms with Crippen LogP contribution in [0.3, 0.4) is 0 Å². The molecule has 8 nitrogen and oxygen atoms in total. The third-order valence-corrected chi connectivity index (χ3v) is 4.45. The van der Waals surface area contributed by atoms with E-state index in [1.165, 1.54) is 18.9 Å². The Balaban J connectivity index is 1.67. The molecule has 0 unspecified atom stereocenters. The van der Waals surface area contributed by atoms with Crippen LogP contribution in [0.4, 0.5) is 0 Å². The molecule has 3 rings (SSSR count). The Bertz CT molecular complexity index is 730. The van der Waals surface area contributed by atoms with Crippen molar-refractivity contribution in [1.29, 1.82) is 0 Å². The molecule has 0 aromatic carbocycles. The van der Waals surface area contributed by atoms with Crippen LogP contribution in [0, 0.1) is 0 Å². The van der Waals surface area contributed by atoms with Crippen molar-refractivity contribution in [3.05, 3.63) is 24.5 Å². The highest BCUT2D eigenvalue weighted by atomic mass is 32.2. The fraction of sp³-hybridized carbons (Fsp3) is 0.400. The smallest absolute Gasteiger partial charge is 0.325 e. The van der Waals surface area contributed by atoms with Crippen LogP contribution in [-0.2, 0) is 14.3 Å². The molecular formula is C15H17N5O3S. The first-order valence-corrected chi connectivity index (χ1v) is 8.49. The third kappa shape index (κ3) is 3.91. The second kappa shape index (κ2) is 7.43. The molecule has 1 N–H and O–H groups in total. The van der Waals surface area contributed by atoms with Crippen LogP contribution in [-0.4, -0.2) is 51.0 Å². The molecule has 24 heavy (non-hydrogen) atoms. The molecule has 0 atom stereocenters. The molecule has 0 aliphatic heterocycles. The Labute approximate surface area is 143 Å². The number of nitrogens with one attached hydrogen (secondary N) is 1. The van der Waals surface area contributed by atoms with Gasteiger partial charge in [0.05, 0.1) is 12.9 Å². The molecule has 2 aromatic rings. The topological polar surface area (TPSA) is 99.0 Å². The average Bonchev–Trinajstić information content (AvgIpc) is 3.37. The van der Waals surface area contributed by atoms with Crippen LogP contribution < -0.4 is 5.32 Å². The van der Waals surface area contributed by atoms with Crippen molar-refractivity contribution in [2.75, 3.05) is 19.4 Å². The van der Waals surface area contributed by atoms with Crippen LogP contribution in [0.25, 0.3) is 11.4 Å². The molecule has 1 aliphatic rings. The van der Waals surface area contributed by atoms with Crippen LogP contribution in [0.5, 0.6) is 0 Å². The highest BCUT2D eigenvalue weighted by Gasteiger charge is 2.30. The highest BCUT2D eigenvalue weighted by molar-refractivity contribution is 7.99. The van der Waals surface area contributed by atoms with Crippen molar-refractivity contribution in [2.24, 2.45) is 0 Å². The van der Waals surface area contributed by atoms with Gasteiger partial charge in [-0.1, -0.05) is 11.8 Å². The number of carbonyl (C=O) groups is 2. The lowest BCUT2D eigenvalue weighted by Gasteiger charge is -2.08. The highest BCUT2D eigenvalue weighted by Crippen LogP contribution is 2.40. The Morgan fingerprint density at radius 1 is 1.33 bits per heavy atom. The fourth-order valence-corrected chi connectivity index (χ4v) is 2.99. The summed E-state index contributed by atoms with van der Waals surface area (Å²) in [5.74, 6) is 0.228. The van der Waals surface area contributed by atoms with Gasteiger partial charge in [0.15, 0.2) is 11.0 Å². The zero-order chi connectivity index (χ0) is 16.9. The Morgan fingerprint density at radius 2 is 2.08 bits per heavy atom. The fourth-order valence-electron chi connectivity index (χ4n) is 2.16. The van der Waals surface area contributed by atoms with Gasteiger partial charge in [-0.2, -0.15) is 0 Å². The van der Waals surface area contributed by atoms with E-state index in [9.17, 15) is 9.59 Å². The third-order valence-electron chi connectivity index (χ3n) is 3.51. The zero-order valence-corrected chi connectivity index (χ0v) is 14.0. The van der Waals surface area contributed by atoms with Crippen LogP contribution in [0.2, 0.25) is 0 Å². The summed E-state index contributed by atoms with van der Waals surface area (Å²) in [4.78, 5) is 26.8. The van der Waals surface area contributed by atoms with E-state index in [0.29, 0.717) is 11.2 Å². The number of hydrogen-bond acceptors (Lipinski definition) is 7. The maximum absolute atomic E-state index is 11.8.